The fourth-order valence-electron chi connectivity index (χ4n) is 2.42. The average Bonchev–Trinajstić information content (AvgIpc) is 3.05. The maximum absolute atomic E-state index is 13.0. The third-order valence-corrected chi connectivity index (χ3v) is 4.03. The average molecular weight is 378 g/mol. The Bertz CT molecular complexity index is 1000. The van der Waals surface area contributed by atoms with Gasteiger partial charge in [-0.1, -0.05) is 11.6 Å². The molecule has 0 saturated heterocycles. The predicted molar refractivity (Wildman–Crippen MR) is 91.1 cm³/mol. The Balaban J connectivity index is 2.15. The molecule has 1 aromatic carbocycles. The van der Waals surface area contributed by atoms with Crippen LogP contribution in [0.15, 0.2) is 43.0 Å². The lowest BCUT2D eigenvalue weighted by atomic mass is 10.0. The topological polar surface area (TPSA) is 66.5 Å². The number of benzene rings is 1. The molecule has 1 N–H and O–H groups in total. The Morgan fingerprint density at radius 3 is 2.58 bits per heavy atom. The molecule has 0 fully saturated rings. The molecule has 0 aliphatic carbocycles. The second-order valence-electron chi connectivity index (χ2n) is 5.31. The van der Waals surface area contributed by atoms with Crippen molar-refractivity contribution >= 4 is 17.4 Å². The number of alkyl halides is 3. The van der Waals surface area contributed by atoms with Gasteiger partial charge in [-0.2, -0.15) is 18.4 Å². The largest absolute Gasteiger partial charge is 0.416 e. The molecule has 0 bridgehead atoms. The first kappa shape index (κ1) is 17.8. The van der Waals surface area contributed by atoms with Gasteiger partial charge in [0, 0.05) is 41.7 Å². The molecule has 2 aromatic heterocycles. The Hall–Kier alpha value is -3.05. The van der Waals surface area contributed by atoms with Gasteiger partial charge in [0.05, 0.1) is 11.1 Å². The summed E-state index contributed by atoms with van der Waals surface area (Å²) in [5, 5.41) is 12.4. The number of hydrogen-bond acceptors (Lipinski definition) is 4. The van der Waals surface area contributed by atoms with Crippen LogP contribution in [-0.2, 0) is 6.18 Å². The van der Waals surface area contributed by atoms with Gasteiger partial charge in [0.15, 0.2) is 0 Å². The number of nitrogens with one attached hydrogen (secondary N) is 1. The van der Waals surface area contributed by atoms with Gasteiger partial charge >= 0.3 is 6.18 Å². The molecule has 9 heteroatoms. The minimum Gasteiger partial charge on any atom is -0.373 e. The summed E-state index contributed by atoms with van der Waals surface area (Å²) >= 11 is 6.09. The van der Waals surface area contributed by atoms with Crippen molar-refractivity contribution in [2.24, 2.45) is 0 Å². The van der Waals surface area contributed by atoms with Gasteiger partial charge in [0.25, 0.3) is 0 Å². The van der Waals surface area contributed by atoms with Crippen LogP contribution in [0.25, 0.3) is 16.9 Å². The quantitative estimate of drug-likeness (QED) is 0.728. The summed E-state index contributed by atoms with van der Waals surface area (Å²) in [6, 6.07) is 6.62. The van der Waals surface area contributed by atoms with E-state index in [2.05, 4.69) is 15.3 Å². The van der Waals surface area contributed by atoms with Crippen molar-refractivity contribution in [1.29, 1.82) is 5.26 Å². The van der Waals surface area contributed by atoms with E-state index in [1.165, 1.54) is 29.4 Å². The number of nitrogens with zero attached hydrogens (tertiary/aromatic N) is 4. The van der Waals surface area contributed by atoms with Gasteiger partial charge in [-0.05, 0) is 18.2 Å². The summed E-state index contributed by atoms with van der Waals surface area (Å²) in [5.74, 6) is 1.01. The van der Waals surface area contributed by atoms with Crippen molar-refractivity contribution in [2.45, 2.75) is 6.18 Å². The van der Waals surface area contributed by atoms with E-state index in [0.717, 1.165) is 12.1 Å². The first-order chi connectivity index (χ1) is 12.3. The molecule has 0 aliphatic rings. The summed E-state index contributed by atoms with van der Waals surface area (Å²) in [6.07, 6.45) is -0.178. The zero-order valence-corrected chi connectivity index (χ0v) is 14.1. The highest BCUT2D eigenvalue weighted by Crippen LogP contribution is 2.37. The van der Waals surface area contributed by atoms with E-state index in [0.29, 0.717) is 11.6 Å². The molecular formula is C17H11ClF3N5. The summed E-state index contributed by atoms with van der Waals surface area (Å²) in [6.45, 7) is 0. The normalized spacial score (nSPS) is 11.2. The van der Waals surface area contributed by atoms with E-state index in [9.17, 15) is 18.4 Å². The first-order valence-electron chi connectivity index (χ1n) is 7.33. The lowest BCUT2D eigenvalue weighted by Crippen LogP contribution is -2.04. The van der Waals surface area contributed by atoms with Gasteiger partial charge in [-0.25, -0.2) is 9.97 Å². The molecule has 3 rings (SSSR count). The Morgan fingerprint density at radius 1 is 1.15 bits per heavy atom. The van der Waals surface area contributed by atoms with Gasteiger partial charge in [0.1, 0.15) is 24.0 Å². The number of aromatic nitrogens is 3. The molecule has 26 heavy (non-hydrogen) atoms. The van der Waals surface area contributed by atoms with Crippen LogP contribution in [0.1, 0.15) is 11.1 Å². The minimum absolute atomic E-state index is 0.117. The maximum atomic E-state index is 13.0. The summed E-state index contributed by atoms with van der Waals surface area (Å²) in [4.78, 5) is 8.11. The molecule has 0 atom stereocenters. The third kappa shape index (κ3) is 3.34. The van der Waals surface area contributed by atoms with Crippen LogP contribution in [0.2, 0.25) is 5.02 Å². The van der Waals surface area contributed by atoms with Crippen LogP contribution in [0.4, 0.5) is 19.0 Å². The molecule has 0 amide bonds. The van der Waals surface area contributed by atoms with Crippen LogP contribution in [0, 0.1) is 11.3 Å². The molecule has 0 spiro atoms. The standard InChI is InChI=1S/C17H11ClF3N5/c1-23-15-5-16(25-9-24-15)26-7-10(6-22)13(8-26)12-4-11(17(19,20)21)2-3-14(12)18/h2-5,7-9H,1H3,(H,23,24,25). The van der Waals surface area contributed by atoms with Crippen LogP contribution in [0.5, 0.6) is 0 Å². The molecule has 132 valence electrons. The smallest absolute Gasteiger partial charge is 0.373 e. The summed E-state index contributed by atoms with van der Waals surface area (Å²) < 4.78 is 40.6. The second-order valence-corrected chi connectivity index (χ2v) is 5.72. The summed E-state index contributed by atoms with van der Waals surface area (Å²) in [5.41, 5.74) is -0.253. The molecule has 0 radical (unpaired) electrons. The molecule has 0 unspecified atom stereocenters. The SMILES string of the molecule is CNc1cc(-n2cc(C#N)c(-c3cc(C(F)(F)F)ccc3Cl)c2)ncn1. The zero-order valence-electron chi connectivity index (χ0n) is 13.3. The van der Waals surface area contributed by atoms with Crippen molar-refractivity contribution in [1.82, 2.24) is 14.5 Å². The Kier molecular flexibility index (Phi) is 4.57. The highest BCUT2D eigenvalue weighted by molar-refractivity contribution is 6.33. The number of hydrogen-bond donors (Lipinski definition) is 1. The van der Waals surface area contributed by atoms with Gasteiger partial charge < -0.3 is 9.88 Å². The highest BCUT2D eigenvalue weighted by Gasteiger charge is 2.31. The number of nitriles is 1. The van der Waals surface area contributed by atoms with E-state index >= 15 is 0 Å². The molecule has 2 heterocycles. The van der Waals surface area contributed by atoms with Crippen molar-refractivity contribution in [3.05, 3.63) is 59.1 Å². The van der Waals surface area contributed by atoms with Gasteiger partial charge in [0.2, 0.25) is 0 Å². The van der Waals surface area contributed by atoms with Gasteiger partial charge in [-0.15, -0.1) is 0 Å². The van der Waals surface area contributed by atoms with Gasteiger partial charge in [-0.3, -0.25) is 0 Å². The maximum Gasteiger partial charge on any atom is 0.416 e. The monoisotopic (exact) mass is 377 g/mol. The Morgan fingerprint density at radius 2 is 1.92 bits per heavy atom. The van der Waals surface area contributed by atoms with Crippen LogP contribution < -0.4 is 5.32 Å². The van der Waals surface area contributed by atoms with Crippen LogP contribution in [0.3, 0.4) is 0 Å². The fraction of sp³-hybridized carbons (Fsp3) is 0.118. The van der Waals surface area contributed by atoms with E-state index in [1.54, 1.807) is 13.1 Å². The van der Waals surface area contributed by atoms with E-state index in [-0.39, 0.29) is 21.7 Å². The molecule has 5 nitrogen and oxygen atoms in total. The molecule has 0 aliphatic heterocycles. The van der Waals surface area contributed by atoms with E-state index in [4.69, 9.17) is 11.6 Å². The minimum atomic E-state index is -4.51. The predicted octanol–water partition coefficient (Wildman–Crippen LogP) is 4.52. The van der Waals surface area contributed by atoms with Crippen LogP contribution in [-0.4, -0.2) is 21.6 Å². The summed E-state index contributed by atoms with van der Waals surface area (Å²) in [7, 11) is 1.69. The number of anilines is 1. The number of rotatable bonds is 3. The second kappa shape index (κ2) is 6.69. The van der Waals surface area contributed by atoms with Crippen molar-refractivity contribution < 1.29 is 13.2 Å². The number of halogens is 4. The Labute approximate surface area is 151 Å². The molecule has 3 aromatic rings. The van der Waals surface area contributed by atoms with E-state index < -0.39 is 11.7 Å². The van der Waals surface area contributed by atoms with Crippen molar-refractivity contribution in [3.8, 4) is 23.0 Å². The van der Waals surface area contributed by atoms with Crippen molar-refractivity contribution in [2.75, 3.05) is 12.4 Å². The zero-order chi connectivity index (χ0) is 18.9. The van der Waals surface area contributed by atoms with E-state index in [1.807, 2.05) is 6.07 Å². The highest BCUT2D eigenvalue weighted by atomic mass is 35.5. The molecular weight excluding hydrogens is 367 g/mol. The van der Waals surface area contributed by atoms with Crippen LogP contribution >= 0.6 is 11.6 Å². The van der Waals surface area contributed by atoms with Crippen molar-refractivity contribution in [3.63, 3.8) is 0 Å². The first-order valence-corrected chi connectivity index (χ1v) is 7.70. The lowest BCUT2D eigenvalue weighted by Gasteiger charge is -2.10. The molecule has 0 saturated carbocycles. The third-order valence-electron chi connectivity index (χ3n) is 3.70. The fourth-order valence-corrected chi connectivity index (χ4v) is 2.64. The lowest BCUT2D eigenvalue weighted by molar-refractivity contribution is -0.137.